The Hall–Kier alpha value is -2.10. The second-order valence-corrected chi connectivity index (χ2v) is 4.71. The molecule has 98 valence electrons. The van der Waals surface area contributed by atoms with Crippen LogP contribution in [-0.2, 0) is 6.42 Å². The Morgan fingerprint density at radius 2 is 2.16 bits per heavy atom. The Bertz CT molecular complexity index is 610. The molecule has 0 bridgehead atoms. The monoisotopic (exact) mass is 255 g/mol. The summed E-state index contributed by atoms with van der Waals surface area (Å²) in [6.07, 6.45) is 2.16. The highest BCUT2D eigenvalue weighted by molar-refractivity contribution is 5.70. The third kappa shape index (κ3) is 2.26. The first-order valence-corrected chi connectivity index (χ1v) is 6.56. The van der Waals surface area contributed by atoms with E-state index in [1.54, 1.807) is 0 Å². The van der Waals surface area contributed by atoms with Gasteiger partial charge in [0.15, 0.2) is 0 Å². The number of nitrogens with one attached hydrogen (secondary N) is 1. The van der Waals surface area contributed by atoms with Crippen molar-refractivity contribution in [2.45, 2.75) is 19.8 Å². The van der Waals surface area contributed by atoms with Crippen molar-refractivity contribution in [2.75, 3.05) is 19.0 Å². The lowest BCUT2D eigenvalue weighted by molar-refractivity contribution is 0.289. The molecule has 2 aromatic rings. The standard InChI is InChI=1S/C15H17N3O/c1-10-9-13(18-15(16-2)17-10)12-7-3-5-11-6-4-8-19-14(11)12/h3,5,7,9H,4,6,8H2,1-2H3,(H,16,17,18). The summed E-state index contributed by atoms with van der Waals surface area (Å²) in [7, 11) is 1.83. The summed E-state index contributed by atoms with van der Waals surface area (Å²) in [6, 6.07) is 8.25. The molecule has 0 saturated carbocycles. The van der Waals surface area contributed by atoms with E-state index in [0.29, 0.717) is 5.95 Å². The molecular formula is C15H17N3O. The van der Waals surface area contributed by atoms with Crippen molar-refractivity contribution in [1.29, 1.82) is 0 Å². The van der Waals surface area contributed by atoms with Gasteiger partial charge < -0.3 is 10.1 Å². The van der Waals surface area contributed by atoms with E-state index < -0.39 is 0 Å². The van der Waals surface area contributed by atoms with E-state index in [4.69, 9.17) is 4.74 Å². The maximum absolute atomic E-state index is 5.84. The fourth-order valence-electron chi connectivity index (χ4n) is 2.41. The lowest BCUT2D eigenvalue weighted by Crippen LogP contribution is -2.09. The van der Waals surface area contributed by atoms with Crippen LogP contribution < -0.4 is 10.1 Å². The van der Waals surface area contributed by atoms with E-state index >= 15 is 0 Å². The van der Waals surface area contributed by atoms with Gasteiger partial charge in [0, 0.05) is 18.3 Å². The molecule has 4 heteroatoms. The number of para-hydroxylation sites is 1. The van der Waals surface area contributed by atoms with E-state index in [-0.39, 0.29) is 0 Å². The molecule has 2 heterocycles. The minimum absolute atomic E-state index is 0.642. The van der Waals surface area contributed by atoms with Gasteiger partial charge in [0.05, 0.1) is 12.3 Å². The van der Waals surface area contributed by atoms with Crippen LogP contribution in [0.4, 0.5) is 5.95 Å². The molecular weight excluding hydrogens is 238 g/mol. The number of anilines is 1. The Labute approximate surface area is 112 Å². The minimum atomic E-state index is 0.642. The molecule has 1 aliphatic rings. The van der Waals surface area contributed by atoms with Gasteiger partial charge in [-0.3, -0.25) is 0 Å². The third-order valence-electron chi connectivity index (χ3n) is 3.29. The number of aryl methyl sites for hydroxylation is 2. The normalized spacial score (nSPS) is 13.6. The summed E-state index contributed by atoms with van der Waals surface area (Å²) in [6.45, 7) is 2.76. The highest BCUT2D eigenvalue weighted by Crippen LogP contribution is 2.35. The summed E-state index contributed by atoms with van der Waals surface area (Å²) in [5.74, 6) is 1.62. The first-order chi connectivity index (χ1) is 9.28. The molecule has 0 saturated heterocycles. The zero-order chi connectivity index (χ0) is 13.2. The van der Waals surface area contributed by atoms with Crippen LogP contribution in [0.5, 0.6) is 5.75 Å². The minimum Gasteiger partial charge on any atom is -0.493 e. The predicted octanol–water partition coefficient (Wildman–Crippen LogP) is 2.82. The SMILES string of the molecule is CNc1nc(C)cc(-c2cccc3c2OCCC3)n1. The highest BCUT2D eigenvalue weighted by Gasteiger charge is 2.16. The average molecular weight is 255 g/mol. The van der Waals surface area contributed by atoms with Crippen molar-refractivity contribution in [2.24, 2.45) is 0 Å². The quantitative estimate of drug-likeness (QED) is 0.896. The maximum atomic E-state index is 5.84. The molecule has 3 rings (SSSR count). The van der Waals surface area contributed by atoms with Crippen LogP contribution in [0.15, 0.2) is 24.3 Å². The molecule has 0 fully saturated rings. The zero-order valence-corrected chi connectivity index (χ0v) is 11.2. The molecule has 4 nitrogen and oxygen atoms in total. The molecule has 0 amide bonds. The number of hydrogen-bond donors (Lipinski definition) is 1. The Morgan fingerprint density at radius 3 is 3.00 bits per heavy atom. The second-order valence-electron chi connectivity index (χ2n) is 4.71. The number of hydrogen-bond acceptors (Lipinski definition) is 4. The van der Waals surface area contributed by atoms with Crippen molar-refractivity contribution in [3.63, 3.8) is 0 Å². The Kier molecular flexibility index (Phi) is 3.07. The van der Waals surface area contributed by atoms with Gasteiger partial charge in [-0.15, -0.1) is 0 Å². The molecule has 0 atom stereocenters. The topological polar surface area (TPSA) is 47.0 Å². The van der Waals surface area contributed by atoms with Gasteiger partial charge in [-0.1, -0.05) is 12.1 Å². The zero-order valence-electron chi connectivity index (χ0n) is 11.2. The lowest BCUT2D eigenvalue weighted by atomic mass is 10.0. The smallest absolute Gasteiger partial charge is 0.223 e. The van der Waals surface area contributed by atoms with E-state index in [1.165, 1.54) is 5.56 Å². The van der Waals surface area contributed by atoms with Crippen LogP contribution in [-0.4, -0.2) is 23.6 Å². The van der Waals surface area contributed by atoms with Crippen LogP contribution in [0.2, 0.25) is 0 Å². The van der Waals surface area contributed by atoms with Crippen LogP contribution in [0.1, 0.15) is 17.7 Å². The summed E-state index contributed by atoms with van der Waals surface area (Å²) < 4.78 is 5.84. The first-order valence-electron chi connectivity index (χ1n) is 6.56. The van der Waals surface area contributed by atoms with E-state index in [0.717, 1.165) is 42.1 Å². The molecule has 1 aromatic heterocycles. The van der Waals surface area contributed by atoms with Crippen molar-refractivity contribution in [3.8, 4) is 17.0 Å². The molecule has 19 heavy (non-hydrogen) atoms. The third-order valence-corrected chi connectivity index (χ3v) is 3.29. The van der Waals surface area contributed by atoms with Crippen molar-refractivity contribution < 1.29 is 4.74 Å². The first kappa shape index (κ1) is 12.0. The summed E-state index contributed by atoms with van der Waals surface area (Å²) in [5.41, 5.74) is 4.18. The van der Waals surface area contributed by atoms with Crippen molar-refractivity contribution in [3.05, 3.63) is 35.5 Å². The fraction of sp³-hybridized carbons (Fsp3) is 0.333. The summed E-state index contributed by atoms with van der Waals surface area (Å²) in [4.78, 5) is 8.86. The number of rotatable bonds is 2. The molecule has 1 aromatic carbocycles. The highest BCUT2D eigenvalue weighted by atomic mass is 16.5. The number of ether oxygens (including phenoxy) is 1. The van der Waals surface area contributed by atoms with Gasteiger partial charge in [-0.05, 0) is 37.5 Å². The van der Waals surface area contributed by atoms with Crippen LogP contribution in [0, 0.1) is 6.92 Å². The maximum Gasteiger partial charge on any atom is 0.223 e. The fourth-order valence-corrected chi connectivity index (χ4v) is 2.41. The van der Waals surface area contributed by atoms with Crippen LogP contribution in [0.3, 0.4) is 0 Å². The van der Waals surface area contributed by atoms with Gasteiger partial charge in [-0.25, -0.2) is 9.97 Å². The summed E-state index contributed by atoms with van der Waals surface area (Å²) in [5, 5.41) is 2.99. The number of aromatic nitrogens is 2. The van der Waals surface area contributed by atoms with E-state index in [2.05, 4.69) is 33.5 Å². The van der Waals surface area contributed by atoms with Gasteiger partial charge >= 0.3 is 0 Å². The molecule has 0 aliphatic carbocycles. The Morgan fingerprint density at radius 1 is 1.26 bits per heavy atom. The largest absolute Gasteiger partial charge is 0.493 e. The van der Waals surface area contributed by atoms with Gasteiger partial charge in [-0.2, -0.15) is 0 Å². The van der Waals surface area contributed by atoms with Crippen molar-refractivity contribution in [1.82, 2.24) is 9.97 Å². The van der Waals surface area contributed by atoms with E-state index in [1.807, 2.05) is 20.0 Å². The molecule has 0 unspecified atom stereocenters. The van der Waals surface area contributed by atoms with Gasteiger partial charge in [0.1, 0.15) is 5.75 Å². The van der Waals surface area contributed by atoms with Gasteiger partial charge in [0.2, 0.25) is 5.95 Å². The van der Waals surface area contributed by atoms with Crippen molar-refractivity contribution >= 4 is 5.95 Å². The Balaban J connectivity index is 2.14. The molecule has 1 N–H and O–H groups in total. The number of benzene rings is 1. The second kappa shape index (κ2) is 4.88. The molecule has 0 spiro atoms. The summed E-state index contributed by atoms with van der Waals surface area (Å²) >= 11 is 0. The van der Waals surface area contributed by atoms with E-state index in [9.17, 15) is 0 Å². The van der Waals surface area contributed by atoms with Gasteiger partial charge in [0.25, 0.3) is 0 Å². The van der Waals surface area contributed by atoms with Crippen LogP contribution >= 0.6 is 0 Å². The average Bonchev–Trinajstić information content (AvgIpc) is 2.46. The lowest BCUT2D eigenvalue weighted by Gasteiger charge is -2.20. The number of fused-ring (bicyclic) bond motifs is 1. The van der Waals surface area contributed by atoms with Crippen LogP contribution in [0.25, 0.3) is 11.3 Å². The molecule has 1 aliphatic heterocycles. The molecule has 0 radical (unpaired) electrons. The number of nitrogens with zero attached hydrogens (tertiary/aromatic N) is 2. The predicted molar refractivity (Wildman–Crippen MR) is 75.6 cm³/mol.